The fourth-order valence-corrected chi connectivity index (χ4v) is 4.14. The Morgan fingerprint density at radius 2 is 2.04 bits per heavy atom. The van der Waals surface area contributed by atoms with Crippen molar-refractivity contribution < 1.29 is 4.79 Å². The van der Waals surface area contributed by atoms with Gasteiger partial charge in [0.05, 0.1) is 10.5 Å². The second-order valence-electron chi connectivity index (χ2n) is 7.23. The Bertz CT molecular complexity index is 1010. The van der Waals surface area contributed by atoms with E-state index in [9.17, 15) is 4.79 Å². The van der Waals surface area contributed by atoms with Gasteiger partial charge >= 0.3 is 0 Å². The quantitative estimate of drug-likeness (QED) is 0.552. The summed E-state index contributed by atoms with van der Waals surface area (Å²) in [4.78, 5) is 14.9. The smallest absolute Gasteiger partial charge is 0.246 e. The Morgan fingerprint density at radius 1 is 1.21 bits per heavy atom. The highest BCUT2D eigenvalue weighted by molar-refractivity contribution is 6.30. The van der Waals surface area contributed by atoms with Gasteiger partial charge in [-0.2, -0.15) is 5.10 Å². The van der Waals surface area contributed by atoms with Crippen LogP contribution in [0.3, 0.4) is 0 Å². The molecule has 0 radical (unpaired) electrons. The number of amides is 1. The number of rotatable bonds is 4. The van der Waals surface area contributed by atoms with Gasteiger partial charge in [0.25, 0.3) is 0 Å². The molecule has 1 unspecified atom stereocenters. The molecule has 144 valence electrons. The highest BCUT2D eigenvalue weighted by Gasteiger charge is 2.24. The van der Waals surface area contributed by atoms with Gasteiger partial charge in [0.15, 0.2) is 0 Å². The van der Waals surface area contributed by atoms with Crippen molar-refractivity contribution in [2.45, 2.75) is 38.6 Å². The summed E-state index contributed by atoms with van der Waals surface area (Å²) >= 11 is 6.15. The van der Waals surface area contributed by atoms with Crippen LogP contribution in [0.25, 0.3) is 22.9 Å². The minimum atomic E-state index is 0.0823. The van der Waals surface area contributed by atoms with Gasteiger partial charge in [0.2, 0.25) is 5.91 Å². The van der Waals surface area contributed by atoms with E-state index in [1.807, 2.05) is 53.4 Å². The highest BCUT2D eigenvalue weighted by Crippen LogP contribution is 2.29. The Kier molecular flexibility index (Phi) is 5.49. The summed E-state index contributed by atoms with van der Waals surface area (Å²) < 4.78 is 1.78. The molecule has 1 aliphatic rings. The Balaban J connectivity index is 1.73. The van der Waals surface area contributed by atoms with Crippen molar-refractivity contribution in [1.29, 1.82) is 0 Å². The van der Waals surface area contributed by atoms with Crippen molar-refractivity contribution in [3.63, 3.8) is 0 Å². The molecule has 2 aromatic heterocycles. The molecule has 1 amide bonds. The second kappa shape index (κ2) is 8.19. The minimum Gasteiger partial charge on any atom is -0.336 e. The number of hydrogen-bond acceptors (Lipinski definition) is 2. The highest BCUT2D eigenvalue weighted by atomic mass is 35.5. The van der Waals surface area contributed by atoms with Crippen LogP contribution in [0.5, 0.6) is 0 Å². The van der Waals surface area contributed by atoms with Crippen LogP contribution in [-0.2, 0) is 4.79 Å². The van der Waals surface area contributed by atoms with Gasteiger partial charge in [0, 0.05) is 36.0 Å². The molecular weight excluding hydrogens is 370 g/mol. The molecule has 3 aromatic rings. The van der Waals surface area contributed by atoms with E-state index >= 15 is 0 Å². The molecular formula is C23H24ClN3O. The number of piperidine rings is 1. The maximum Gasteiger partial charge on any atom is 0.246 e. The summed E-state index contributed by atoms with van der Waals surface area (Å²) in [6, 6.07) is 14.2. The number of aromatic nitrogens is 2. The number of likely N-dealkylation sites (tertiary alicyclic amines) is 1. The molecule has 0 saturated carbocycles. The van der Waals surface area contributed by atoms with Gasteiger partial charge in [-0.1, -0.05) is 48.9 Å². The first-order valence-corrected chi connectivity index (χ1v) is 10.3. The van der Waals surface area contributed by atoms with Crippen LogP contribution in [0.2, 0.25) is 5.02 Å². The van der Waals surface area contributed by atoms with Gasteiger partial charge in [-0.25, -0.2) is 4.52 Å². The van der Waals surface area contributed by atoms with E-state index in [1.54, 1.807) is 16.8 Å². The normalized spacial score (nSPS) is 17.5. The van der Waals surface area contributed by atoms with Crippen molar-refractivity contribution in [1.82, 2.24) is 14.5 Å². The number of carbonyl (C=O) groups excluding carboxylic acids is 1. The van der Waals surface area contributed by atoms with Crippen molar-refractivity contribution in [2.75, 3.05) is 6.54 Å². The summed E-state index contributed by atoms with van der Waals surface area (Å²) in [5.41, 5.74) is 3.72. The number of fused-ring (bicyclic) bond motifs is 1. The Labute approximate surface area is 170 Å². The van der Waals surface area contributed by atoms with Gasteiger partial charge in [0.1, 0.15) is 5.69 Å². The van der Waals surface area contributed by atoms with Gasteiger partial charge in [-0.15, -0.1) is 0 Å². The Morgan fingerprint density at radius 3 is 2.82 bits per heavy atom. The third-order valence-corrected chi connectivity index (χ3v) is 5.68. The average molecular weight is 394 g/mol. The van der Waals surface area contributed by atoms with Crippen LogP contribution in [0, 0.1) is 0 Å². The molecule has 1 saturated heterocycles. The maximum atomic E-state index is 12.9. The standard InChI is InChI=1S/C23H24ClN3O/c1-2-19-10-6-7-15-26(19)22(28)14-12-20-21-13-11-18(24)16-27(21)25-23(20)17-8-4-3-5-9-17/h3-5,8-9,11-14,16,19H,2,6-7,10,15H2,1H3. The molecule has 28 heavy (non-hydrogen) atoms. The van der Waals surface area contributed by atoms with Crippen molar-refractivity contribution >= 4 is 29.1 Å². The van der Waals surface area contributed by atoms with Gasteiger partial charge < -0.3 is 4.90 Å². The van der Waals surface area contributed by atoms with Crippen LogP contribution in [0.1, 0.15) is 38.2 Å². The van der Waals surface area contributed by atoms with Crippen LogP contribution >= 0.6 is 11.6 Å². The number of pyridine rings is 1. The molecule has 1 atom stereocenters. The number of nitrogens with zero attached hydrogens (tertiary/aromatic N) is 3. The second-order valence-corrected chi connectivity index (χ2v) is 7.66. The number of hydrogen-bond donors (Lipinski definition) is 0. The van der Waals surface area contributed by atoms with Crippen molar-refractivity contribution in [3.05, 3.63) is 65.3 Å². The topological polar surface area (TPSA) is 37.6 Å². The molecule has 4 rings (SSSR count). The predicted octanol–water partition coefficient (Wildman–Crippen LogP) is 5.46. The zero-order valence-electron chi connectivity index (χ0n) is 16.0. The first-order chi connectivity index (χ1) is 13.7. The Hall–Kier alpha value is -2.59. The lowest BCUT2D eigenvalue weighted by Gasteiger charge is -2.34. The minimum absolute atomic E-state index is 0.0823. The lowest BCUT2D eigenvalue weighted by atomic mass is 10.00. The monoisotopic (exact) mass is 393 g/mol. The average Bonchev–Trinajstić information content (AvgIpc) is 3.10. The van der Waals surface area contributed by atoms with Crippen LogP contribution in [0.4, 0.5) is 0 Å². The summed E-state index contributed by atoms with van der Waals surface area (Å²) in [6.45, 7) is 3.00. The predicted molar refractivity (Wildman–Crippen MR) is 114 cm³/mol. The van der Waals surface area contributed by atoms with Crippen molar-refractivity contribution in [2.24, 2.45) is 0 Å². The summed E-state index contributed by atoms with van der Waals surface area (Å²) in [6.07, 6.45) is 9.79. The SMILES string of the molecule is CCC1CCCCN1C(=O)C=Cc1c(-c2ccccc2)nn2cc(Cl)ccc12. The third-order valence-electron chi connectivity index (χ3n) is 5.45. The van der Waals surface area contributed by atoms with E-state index in [0.29, 0.717) is 11.1 Å². The first kappa shape index (κ1) is 18.8. The fraction of sp³-hybridized carbons (Fsp3) is 0.304. The summed E-state index contributed by atoms with van der Waals surface area (Å²) in [7, 11) is 0. The molecule has 1 aromatic carbocycles. The molecule has 4 nitrogen and oxygen atoms in total. The van der Waals surface area contributed by atoms with Gasteiger partial charge in [-0.05, 0) is 43.9 Å². The molecule has 1 aliphatic heterocycles. The zero-order valence-corrected chi connectivity index (χ0v) is 16.8. The lowest BCUT2D eigenvalue weighted by molar-refractivity contribution is -0.129. The van der Waals surface area contributed by atoms with E-state index in [0.717, 1.165) is 48.1 Å². The van der Waals surface area contributed by atoms with E-state index in [-0.39, 0.29) is 5.91 Å². The van der Waals surface area contributed by atoms with E-state index in [4.69, 9.17) is 16.7 Å². The largest absolute Gasteiger partial charge is 0.336 e. The van der Waals surface area contributed by atoms with Crippen molar-refractivity contribution in [3.8, 4) is 11.3 Å². The zero-order chi connectivity index (χ0) is 19.5. The maximum absolute atomic E-state index is 12.9. The fourth-order valence-electron chi connectivity index (χ4n) is 3.98. The van der Waals surface area contributed by atoms with Crippen LogP contribution in [0.15, 0.2) is 54.7 Å². The first-order valence-electron chi connectivity index (χ1n) is 9.89. The molecule has 0 N–H and O–H groups in total. The number of benzene rings is 1. The number of halogens is 1. The molecule has 3 heterocycles. The molecule has 0 bridgehead atoms. The molecule has 1 fully saturated rings. The van der Waals surface area contributed by atoms with Crippen LogP contribution in [-0.4, -0.2) is 33.0 Å². The van der Waals surface area contributed by atoms with E-state index < -0.39 is 0 Å². The van der Waals surface area contributed by atoms with E-state index in [2.05, 4.69) is 6.92 Å². The molecule has 5 heteroatoms. The van der Waals surface area contributed by atoms with Crippen LogP contribution < -0.4 is 0 Å². The van der Waals surface area contributed by atoms with E-state index in [1.165, 1.54) is 6.42 Å². The molecule has 0 aliphatic carbocycles. The summed E-state index contributed by atoms with van der Waals surface area (Å²) in [5, 5.41) is 5.35. The number of carbonyl (C=O) groups is 1. The lowest BCUT2D eigenvalue weighted by Crippen LogP contribution is -2.42. The molecule has 0 spiro atoms. The third kappa shape index (κ3) is 3.69. The summed E-state index contributed by atoms with van der Waals surface area (Å²) in [5.74, 6) is 0.0823. The van der Waals surface area contributed by atoms with Gasteiger partial charge in [-0.3, -0.25) is 4.79 Å².